The first-order valence-corrected chi connectivity index (χ1v) is 8.39. The SMILES string of the molecule is O=C1c2ccccc2CCc2cc(Nc3ccccc3[N+](=O)[O-])ccc21. The Hall–Kier alpha value is -3.47. The number of carbonyl (C=O) groups is 1. The molecule has 5 heteroatoms. The minimum atomic E-state index is -0.411. The van der Waals surface area contributed by atoms with Crippen molar-refractivity contribution in [2.45, 2.75) is 12.8 Å². The van der Waals surface area contributed by atoms with Crippen LogP contribution in [0.2, 0.25) is 0 Å². The van der Waals surface area contributed by atoms with E-state index in [4.69, 9.17) is 0 Å². The fraction of sp³-hybridized carbons (Fsp3) is 0.0952. The number of nitro groups is 1. The van der Waals surface area contributed by atoms with Crippen molar-refractivity contribution in [1.29, 1.82) is 0 Å². The number of anilines is 2. The minimum Gasteiger partial charge on any atom is -0.350 e. The lowest BCUT2D eigenvalue weighted by Gasteiger charge is -2.11. The third-order valence-electron chi connectivity index (χ3n) is 4.66. The van der Waals surface area contributed by atoms with E-state index < -0.39 is 4.92 Å². The molecule has 0 atom stereocenters. The van der Waals surface area contributed by atoms with Gasteiger partial charge in [-0.3, -0.25) is 14.9 Å². The number of nitrogens with one attached hydrogen (secondary N) is 1. The number of fused-ring (bicyclic) bond motifs is 2. The lowest BCUT2D eigenvalue weighted by Crippen LogP contribution is -2.04. The van der Waals surface area contributed by atoms with Crippen LogP contribution in [0.25, 0.3) is 0 Å². The maximum absolute atomic E-state index is 12.8. The molecule has 1 N–H and O–H groups in total. The Morgan fingerprint density at radius 1 is 0.846 bits per heavy atom. The average Bonchev–Trinajstić information content (AvgIpc) is 2.79. The Bertz CT molecular complexity index is 1030. The van der Waals surface area contributed by atoms with E-state index >= 15 is 0 Å². The Kier molecular flexibility index (Phi) is 3.97. The Morgan fingerprint density at radius 2 is 1.54 bits per heavy atom. The van der Waals surface area contributed by atoms with Gasteiger partial charge in [0.05, 0.1) is 4.92 Å². The van der Waals surface area contributed by atoms with E-state index in [1.165, 1.54) is 6.07 Å². The first kappa shape index (κ1) is 16.0. The molecule has 1 aliphatic carbocycles. The van der Waals surface area contributed by atoms with Crippen LogP contribution >= 0.6 is 0 Å². The van der Waals surface area contributed by atoms with Crippen molar-refractivity contribution in [1.82, 2.24) is 0 Å². The molecule has 0 saturated carbocycles. The van der Waals surface area contributed by atoms with Crippen LogP contribution in [0.4, 0.5) is 17.1 Å². The van der Waals surface area contributed by atoms with E-state index in [-0.39, 0.29) is 11.5 Å². The highest BCUT2D eigenvalue weighted by Gasteiger charge is 2.21. The number of ketones is 1. The second-order valence-electron chi connectivity index (χ2n) is 6.26. The minimum absolute atomic E-state index is 0.0194. The first-order valence-electron chi connectivity index (χ1n) is 8.39. The molecule has 3 aromatic carbocycles. The molecule has 128 valence electrons. The summed E-state index contributed by atoms with van der Waals surface area (Å²) in [5.74, 6) is 0.0327. The highest BCUT2D eigenvalue weighted by Crippen LogP contribution is 2.30. The molecule has 0 saturated heterocycles. The number of aryl methyl sites for hydroxylation is 2. The van der Waals surface area contributed by atoms with Gasteiger partial charge in [0.25, 0.3) is 5.69 Å². The van der Waals surface area contributed by atoms with Crippen LogP contribution < -0.4 is 5.32 Å². The normalized spacial score (nSPS) is 12.7. The van der Waals surface area contributed by atoms with Gasteiger partial charge in [-0.1, -0.05) is 36.4 Å². The van der Waals surface area contributed by atoms with Gasteiger partial charge in [-0.15, -0.1) is 0 Å². The maximum atomic E-state index is 12.8. The molecular formula is C21H16N2O3. The van der Waals surface area contributed by atoms with E-state index in [9.17, 15) is 14.9 Å². The van der Waals surface area contributed by atoms with E-state index in [2.05, 4.69) is 5.32 Å². The van der Waals surface area contributed by atoms with Crippen molar-refractivity contribution in [3.63, 3.8) is 0 Å². The third-order valence-corrected chi connectivity index (χ3v) is 4.66. The topological polar surface area (TPSA) is 72.2 Å². The molecule has 0 unspecified atom stereocenters. The van der Waals surface area contributed by atoms with Crippen LogP contribution in [0.1, 0.15) is 27.0 Å². The number of rotatable bonds is 3. The summed E-state index contributed by atoms with van der Waals surface area (Å²) in [6, 6.07) is 19.7. The molecule has 0 bridgehead atoms. The van der Waals surface area contributed by atoms with Crippen molar-refractivity contribution < 1.29 is 9.72 Å². The van der Waals surface area contributed by atoms with Gasteiger partial charge in [0.15, 0.2) is 5.78 Å². The molecule has 0 amide bonds. The fourth-order valence-corrected chi connectivity index (χ4v) is 3.37. The van der Waals surface area contributed by atoms with Crippen LogP contribution in [0, 0.1) is 10.1 Å². The summed E-state index contributed by atoms with van der Waals surface area (Å²) in [5, 5.41) is 14.3. The predicted molar refractivity (Wildman–Crippen MR) is 100 cm³/mol. The second kappa shape index (κ2) is 6.44. The van der Waals surface area contributed by atoms with Gasteiger partial charge < -0.3 is 5.32 Å². The maximum Gasteiger partial charge on any atom is 0.292 e. The number of carbonyl (C=O) groups excluding carboxylic acids is 1. The van der Waals surface area contributed by atoms with Gasteiger partial charge in [0.2, 0.25) is 0 Å². The molecule has 4 rings (SSSR count). The molecule has 1 aliphatic rings. The number of para-hydroxylation sites is 2. The summed E-state index contributed by atoms with van der Waals surface area (Å²) in [5.41, 5.74) is 4.65. The molecule has 26 heavy (non-hydrogen) atoms. The zero-order valence-electron chi connectivity index (χ0n) is 13.9. The standard InChI is InChI=1S/C21H16N2O3/c24-21-17-6-2-1-5-14(17)9-10-15-13-16(11-12-18(15)21)22-19-7-3-4-8-20(19)23(25)26/h1-8,11-13,22H,9-10H2. The van der Waals surface area contributed by atoms with E-state index in [1.54, 1.807) is 30.3 Å². The lowest BCUT2D eigenvalue weighted by molar-refractivity contribution is -0.383. The summed E-state index contributed by atoms with van der Waals surface area (Å²) in [7, 11) is 0. The van der Waals surface area contributed by atoms with Gasteiger partial charge in [-0.25, -0.2) is 0 Å². The number of benzene rings is 3. The average molecular weight is 344 g/mol. The summed E-state index contributed by atoms with van der Waals surface area (Å²) in [4.78, 5) is 23.6. The van der Waals surface area contributed by atoms with Crippen molar-refractivity contribution in [3.05, 3.63) is 99.1 Å². The quantitative estimate of drug-likeness (QED) is 0.554. The Morgan fingerprint density at radius 3 is 2.38 bits per heavy atom. The molecule has 5 nitrogen and oxygen atoms in total. The molecule has 0 fully saturated rings. The van der Waals surface area contributed by atoms with Gasteiger partial charge in [0.1, 0.15) is 5.69 Å². The Labute approximate surface area is 150 Å². The number of nitro benzene ring substituents is 1. The van der Waals surface area contributed by atoms with Crippen molar-refractivity contribution in [3.8, 4) is 0 Å². The lowest BCUT2D eigenvalue weighted by atomic mass is 9.98. The zero-order chi connectivity index (χ0) is 18.1. The highest BCUT2D eigenvalue weighted by molar-refractivity contribution is 6.11. The predicted octanol–water partition coefficient (Wildman–Crippen LogP) is 4.67. The highest BCUT2D eigenvalue weighted by atomic mass is 16.6. The van der Waals surface area contributed by atoms with E-state index in [0.29, 0.717) is 11.3 Å². The number of nitrogens with zero attached hydrogens (tertiary/aromatic N) is 1. The van der Waals surface area contributed by atoms with Crippen LogP contribution in [-0.2, 0) is 12.8 Å². The van der Waals surface area contributed by atoms with Crippen LogP contribution in [0.5, 0.6) is 0 Å². The van der Waals surface area contributed by atoms with Gasteiger partial charge >= 0.3 is 0 Å². The van der Waals surface area contributed by atoms with E-state index in [1.807, 2.05) is 30.3 Å². The van der Waals surface area contributed by atoms with Gasteiger partial charge in [0, 0.05) is 22.9 Å². The smallest absolute Gasteiger partial charge is 0.292 e. The summed E-state index contributed by atoms with van der Waals surface area (Å²) in [6.07, 6.45) is 1.55. The fourth-order valence-electron chi connectivity index (χ4n) is 3.37. The first-order chi connectivity index (χ1) is 12.6. The molecule has 3 aromatic rings. The number of hydrogen-bond donors (Lipinski definition) is 1. The molecular weight excluding hydrogens is 328 g/mol. The summed E-state index contributed by atoms with van der Waals surface area (Å²) < 4.78 is 0. The third kappa shape index (κ3) is 2.84. The van der Waals surface area contributed by atoms with Gasteiger partial charge in [-0.05, 0) is 48.2 Å². The van der Waals surface area contributed by atoms with E-state index in [0.717, 1.165) is 35.2 Å². The van der Waals surface area contributed by atoms with Crippen molar-refractivity contribution in [2.24, 2.45) is 0 Å². The largest absolute Gasteiger partial charge is 0.350 e. The monoisotopic (exact) mass is 344 g/mol. The summed E-state index contributed by atoms with van der Waals surface area (Å²) in [6.45, 7) is 0. The Balaban J connectivity index is 1.69. The molecule has 0 aliphatic heterocycles. The van der Waals surface area contributed by atoms with Gasteiger partial charge in [-0.2, -0.15) is 0 Å². The van der Waals surface area contributed by atoms with Crippen molar-refractivity contribution >= 4 is 22.8 Å². The van der Waals surface area contributed by atoms with Crippen LogP contribution in [0.3, 0.4) is 0 Å². The van der Waals surface area contributed by atoms with Crippen molar-refractivity contribution in [2.75, 3.05) is 5.32 Å². The van der Waals surface area contributed by atoms with Crippen LogP contribution in [0.15, 0.2) is 66.7 Å². The zero-order valence-corrected chi connectivity index (χ0v) is 13.9. The summed E-state index contributed by atoms with van der Waals surface area (Å²) >= 11 is 0. The molecule has 0 heterocycles. The molecule has 0 radical (unpaired) electrons. The molecule has 0 aromatic heterocycles. The van der Waals surface area contributed by atoms with Crippen LogP contribution in [-0.4, -0.2) is 10.7 Å². The number of hydrogen-bond acceptors (Lipinski definition) is 4. The second-order valence-corrected chi connectivity index (χ2v) is 6.26. The molecule has 0 spiro atoms.